The third-order valence-electron chi connectivity index (χ3n) is 7.68. The van der Waals surface area contributed by atoms with Gasteiger partial charge in [-0.3, -0.25) is 9.59 Å². The van der Waals surface area contributed by atoms with Crippen LogP contribution in [0.4, 0.5) is 0 Å². The molecule has 2 aliphatic rings. The fourth-order valence-corrected chi connectivity index (χ4v) is 5.71. The summed E-state index contributed by atoms with van der Waals surface area (Å²) in [6, 6.07) is 7.02. The molecule has 1 saturated carbocycles. The van der Waals surface area contributed by atoms with E-state index in [0.29, 0.717) is 30.2 Å². The quantitative estimate of drug-likeness (QED) is 0.146. The molecular formula is C31H47IN2O5. The van der Waals surface area contributed by atoms with Crippen molar-refractivity contribution in [2.45, 2.75) is 109 Å². The Labute approximate surface area is 247 Å². The molecule has 3 rings (SSSR count). The standard InChI is InChI=1S/C31H47IN2O5/c1-2-3-4-5-6-7-8-9-10-15-29(36)34(22-23-16-17-23)26-20-24(31(38)33-18-19-35)21-28(30(26)37)39-27-14-12-11-13-25(27)32/h11-14,21,23,26,28,30,35,37H,2-10,15-20,22H2,1H3,(H,33,38)/t26-,28+,30+/m1/s1. The number of amides is 2. The van der Waals surface area contributed by atoms with Gasteiger partial charge < -0.3 is 25.2 Å². The first-order valence-electron chi connectivity index (χ1n) is 14.9. The lowest BCUT2D eigenvalue weighted by atomic mass is 9.87. The van der Waals surface area contributed by atoms with Crippen LogP contribution in [-0.4, -0.2) is 64.9 Å². The molecule has 3 atom stereocenters. The fraction of sp³-hybridized carbons (Fsp3) is 0.677. The summed E-state index contributed by atoms with van der Waals surface area (Å²) in [5, 5.41) is 23.4. The third-order valence-corrected chi connectivity index (χ3v) is 8.57. The van der Waals surface area contributed by atoms with E-state index in [2.05, 4.69) is 34.8 Å². The highest BCUT2D eigenvalue weighted by Gasteiger charge is 2.42. The van der Waals surface area contributed by atoms with Gasteiger partial charge in [0, 0.05) is 31.5 Å². The van der Waals surface area contributed by atoms with Crippen molar-refractivity contribution < 1.29 is 24.5 Å². The molecule has 8 heteroatoms. The molecule has 7 nitrogen and oxygen atoms in total. The van der Waals surface area contributed by atoms with Crippen LogP contribution in [0.2, 0.25) is 0 Å². The van der Waals surface area contributed by atoms with Crippen molar-refractivity contribution >= 4 is 34.4 Å². The third kappa shape index (κ3) is 10.7. The second-order valence-electron chi connectivity index (χ2n) is 11.0. The minimum atomic E-state index is -0.957. The average molecular weight is 655 g/mol. The summed E-state index contributed by atoms with van der Waals surface area (Å²) in [5.41, 5.74) is 0.478. The van der Waals surface area contributed by atoms with Crippen molar-refractivity contribution in [1.82, 2.24) is 10.2 Å². The average Bonchev–Trinajstić information content (AvgIpc) is 3.76. The predicted molar refractivity (Wildman–Crippen MR) is 162 cm³/mol. The van der Waals surface area contributed by atoms with Crippen molar-refractivity contribution in [1.29, 1.82) is 0 Å². The molecule has 3 N–H and O–H groups in total. The van der Waals surface area contributed by atoms with Crippen molar-refractivity contribution in [3.63, 3.8) is 0 Å². The Hall–Kier alpha value is -1.65. The highest BCUT2D eigenvalue weighted by Crippen LogP contribution is 2.35. The van der Waals surface area contributed by atoms with Crippen LogP contribution in [0.5, 0.6) is 5.75 Å². The number of halogens is 1. The molecule has 0 bridgehead atoms. The summed E-state index contributed by atoms with van der Waals surface area (Å²) in [5.74, 6) is 0.842. The largest absolute Gasteiger partial charge is 0.482 e. The topological polar surface area (TPSA) is 99.1 Å². The minimum Gasteiger partial charge on any atom is -0.482 e. The van der Waals surface area contributed by atoms with Crippen molar-refractivity contribution in [2.24, 2.45) is 5.92 Å². The molecule has 0 spiro atoms. The van der Waals surface area contributed by atoms with E-state index in [1.54, 1.807) is 6.08 Å². The Kier molecular flexibility index (Phi) is 14.1. The molecule has 0 saturated heterocycles. The zero-order valence-corrected chi connectivity index (χ0v) is 25.6. The van der Waals surface area contributed by atoms with Gasteiger partial charge in [0.25, 0.3) is 0 Å². The second kappa shape index (κ2) is 17.2. The molecule has 0 radical (unpaired) electrons. The Morgan fingerprint density at radius 3 is 2.36 bits per heavy atom. The number of hydrogen-bond donors (Lipinski definition) is 3. The summed E-state index contributed by atoms with van der Waals surface area (Å²) in [4.78, 5) is 28.3. The maximum Gasteiger partial charge on any atom is 0.247 e. The summed E-state index contributed by atoms with van der Waals surface area (Å²) in [6.45, 7) is 2.84. The van der Waals surface area contributed by atoms with Gasteiger partial charge in [-0.05, 0) is 66.0 Å². The van der Waals surface area contributed by atoms with E-state index < -0.39 is 18.2 Å². The van der Waals surface area contributed by atoms with E-state index in [-0.39, 0.29) is 31.4 Å². The summed E-state index contributed by atoms with van der Waals surface area (Å²) in [6.07, 6.45) is 13.6. The molecular weight excluding hydrogens is 607 g/mol. The summed E-state index contributed by atoms with van der Waals surface area (Å²) < 4.78 is 7.13. The number of para-hydroxylation sites is 1. The van der Waals surface area contributed by atoms with Gasteiger partial charge in [0.2, 0.25) is 11.8 Å². The van der Waals surface area contributed by atoms with Crippen molar-refractivity contribution in [3.05, 3.63) is 39.5 Å². The van der Waals surface area contributed by atoms with Crippen molar-refractivity contribution in [3.8, 4) is 5.75 Å². The maximum absolute atomic E-state index is 13.5. The molecule has 39 heavy (non-hydrogen) atoms. The van der Waals surface area contributed by atoms with E-state index in [1.165, 1.54) is 38.5 Å². The van der Waals surface area contributed by atoms with Crippen molar-refractivity contribution in [2.75, 3.05) is 19.7 Å². The highest BCUT2D eigenvalue weighted by atomic mass is 127. The van der Waals surface area contributed by atoms with Crippen LogP contribution in [0.3, 0.4) is 0 Å². The first kappa shape index (κ1) is 31.9. The normalized spacial score (nSPS) is 20.8. The molecule has 0 unspecified atom stereocenters. The van der Waals surface area contributed by atoms with Gasteiger partial charge in [-0.25, -0.2) is 0 Å². The number of aliphatic hydroxyl groups excluding tert-OH is 2. The zero-order chi connectivity index (χ0) is 28.0. The number of nitrogens with zero attached hydrogens (tertiary/aromatic N) is 1. The van der Waals surface area contributed by atoms with E-state index >= 15 is 0 Å². The lowest BCUT2D eigenvalue weighted by molar-refractivity contribution is -0.139. The molecule has 1 aromatic carbocycles. The SMILES string of the molecule is CCCCCCCCCCCC(=O)N(CC1CC1)[C@@H]1CC(C(=O)NCCO)=C[C@H](Oc2ccccc2I)[C@H]1O. The van der Waals surface area contributed by atoms with Gasteiger partial charge in [0.15, 0.2) is 0 Å². The number of rotatable bonds is 18. The van der Waals surface area contributed by atoms with Gasteiger partial charge in [-0.1, -0.05) is 70.4 Å². The lowest BCUT2D eigenvalue weighted by Gasteiger charge is -2.40. The first-order chi connectivity index (χ1) is 18.9. The van der Waals surface area contributed by atoms with Crippen LogP contribution < -0.4 is 10.1 Å². The van der Waals surface area contributed by atoms with Gasteiger partial charge >= 0.3 is 0 Å². The van der Waals surface area contributed by atoms with Gasteiger partial charge in [-0.15, -0.1) is 0 Å². The molecule has 1 fully saturated rings. The number of aliphatic hydroxyl groups is 2. The number of nitrogens with one attached hydrogen (secondary N) is 1. The summed E-state index contributed by atoms with van der Waals surface area (Å²) >= 11 is 2.19. The van der Waals surface area contributed by atoms with E-state index in [0.717, 1.165) is 35.7 Å². The number of hydrogen-bond acceptors (Lipinski definition) is 5. The number of carbonyl (C=O) groups excluding carboxylic acids is 2. The van der Waals surface area contributed by atoms with Gasteiger partial charge in [0.05, 0.1) is 16.2 Å². The highest BCUT2D eigenvalue weighted by molar-refractivity contribution is 14.1. The van der Waals surface area contributed by atoms with Gasteiger partial charge in [-0.2, -0.15) is 0 Å². The Balaban J connectivity index is 1.67. The van der Waals surface area contributed by atoms with Crippen LogP contribution in [-0.2, 0) is 9.59 Å². The molecule has 0 heterocycles. The number of benzene rings is 1. The number of ether oxygens (including phenoxy) is 1. The van der Waals surface area contributed by atoms with Gasteiger partial charge in [0.1, 0.15) is 18.0 Å². The maximum atomic E-state index is 13.5. The Morgan fingerprint density at radius 1 is 1.05 bits per heavy atom. The van der Waals surface area contributed by atoms with Crippen LogP contribution in [0.1, 0.15) is 90.4 Å². The first-order valence-corrected chi connectivity index (χ1v) is 16.0. The van der Waals surface area contributed by atoms with Crippen LogP contribution in [0.25, 0.3) is 0 Å². The monoisotopic (exact) mass is 654 g/mol. The van der Waals surface area contributed by atoms with Crippen LogP contribution in [0, 0.1) is 9.49 Å². The minimum absolute atomic E-state index is 0.0546. The molecule has 1 aromatic rings. The second-order valence-corrected chi connectivity index (χ2v) is 12.2. The van der Waals surface area contributed by atoms with E-state index in [1.807, 2.05) is 29.2 Å². The Morgan fingerprint density at radius 2 is 1.72 bits per heavy atom. The zero-order valence-electron chi connectivity index (χ0n) is 23.5. The van der Waals surface area contributed by atoms with Crippen LogP contribution in [0.15, 0.2) is 35.9 Å². The lowest BCUT2D eigenvalue weighted by Crippen LogP contribution is -2.55. The molecule has 0 aromatic heterocycles. The summed E-state index contributed by atoms with van der Waals surface area (Å²) in [7, 11) is 0. The number of carbonyl (C=O) groups is 2. The molecule has 0 aliphatic heterocycles. The smallest absolute Gasteiger partial charge is 0.247 e. The molecule has 2 aliphatic carbocycles. The van der Waals surface area contributed by atoms with E-state index in [4.69, 9.17) is 4.74 Å². The van der Waals surface area contributed by atoms with E-state index in [9.17, 15) is 19.8 Å². The van der Waals surface area contributed by atoms with Crippen LogP contribution >= 0.6 is 22.6 Å². The Bertz CT molecular complexity index is 935. The fourth-order valence-electron chi connectivity index (χ4n) is 5.20. The predicted octanol–water partition coefficient (Wildman–Crippen LogP) is 5.37. The molecule has 218 valence electrons. The number of unbranched alkanes of at least 4 members (excludes halogenated alkanes) is 8. The molecule has 2 amide bonds.